The van der Waals surface area contributed by atoms with Crippen LogP contribution in [0.4, 0.5) is 28.4 Å². The van der Waals surface area contributed by atoms with Gasteiger partial charge in [0.05, 0.1) is 33.1 Å². The van der Waals surface area contributed by atoms with Crippen molar-refractivity contribution in [3.8, 4) is 5.75 Å². The minimum atomic E-state index is -4.96. The number of carboxylic acids is 2. The number of aromatic hydroxyl groups is 1. The van der Waals surface area contributed by atoms with E-state index in [-0.39, 0.29) is 49.7 Å². The van der Waals surface area contributed by atoms with Gasteiger partial charge in [0.15, 0.2) is 5.75 Å². The lowest BCUT2D eigenvalue weighted by atomic mass is 10.1. The van der Waals surface area contributed by atoms with E-state index in [1.54, 1.807) is 18.2 Å². The van der Waals surface area contributed by atoms with Crippen LogP contribution in [0.15, 0.2) is 103 Å². The molecule has 0 fully saturated rings. The summed E-state index contributed by atoms with van der Waals surface area (Å²) >= 11 is 0. The number of phenols is 1. The third kappa shape index (κ3) is 8.53. The van der Waals surface area contributed by atoms with Crippen LogP contribution in [0.3, 0.4) is 0 Å². The van der Waals surface area contributed by atoms with Crippen molar-refractivity contribution in [3.63, 3.8) is 0 Å². The Labute approximate surface area is 296 Å². The molecule has 0 aromatic heterocycles. The molecule has 6 N–H and O–H groups in total. The zero-order valence-corrected chi connectivity index (χ0v) is 28.9. The molecule has 5 aromatic rings. The van der Waals surface area contributed by atoms with Gasteiger partial charge in [0.25, 0.3) is 20.2 Å². The first-order valence-corrected chi connectivity index (χ1v) is 18.0. The third-order valence-electron chi connectivity index (χ3n) is 7.62. The standard InChI is InChI=1S/C33H30N6O11S2/c1-39(2)11-3-10-34-21-5-4-18-15-29(52(48,49)50)30(31(40)25(18)16-21)38-37-28-9-8-27(24-7-6-23(17-26(24)28)51(45,46)47)36-35-22-13-19(32(41)42)12-20(14-22)33(43)44/h4-9,12-17,34,40H,3,10-11H2,1-2H3,(H,41,42)(H,43,44)(H,45,46,47)(H,48,49,50). The maximum Gasteiger partial charge on any atom is 0.335 e. The van der Waals surface area contributed by atoms with Gasteiger partial charge in [-0.3, -0.25) is 9.11 Å². The molecular formula is C33H30N6O11S2. The molecule has 0 spiro atoms. The Bertz CT molecular complexity index is 2510. The van der Waals surface area contributed by atoms with E-state index in [9.17, 15) is 50.8 Å². The molecule has 0 unspecified atom stereocenters. The molecule has 0 bridgehead atoms. The Morgan fingerprint density at radius 3 is 1.94 bits per heavy atom. The van der Waals surface area contributed by atoms with Gasteiger partial charge in [-0.25, -0.2) is 9.59 Å². The van der Waals surface area contributed by atoms with E-state index in [0.29, 0.717) is 12.2 Å². The molecule has 0 aliphatic heterocycles. The van der Waals surface area contributed by atoms with E-state index in [2.05, 4.69) is 25.8 Å². The Balaban J connectivity index is 1.62. The predicted octanol–water partition coefficient (Wildman–Crippen LogP) is 6.78. The minimum Gasteiger partial charge on any atom is -0.505 e. The highest BCUT2D eigenvalue weighted by molar-refractivity contribution is 7.86. The van der Waals surface area contributed by atoms with Gasteiger partial charge in [-0.15, -0.1) is 15.3 Å². The van der Waals surface area contributed by atoms with E-state index < -0.39 is 53.4 Å². The molecule has 0 saturated carbocycles. The number of hydrogen-bond donors (Lipinski definition) is 6. The van der Waals surface area contributed by atoms with E-state index in [0.717, 1.165) is 49.4 Å². The Hall–Kier alpha value is -5.86. The quantitative estimate of drug-likeness (QED) is 0.0412. The van der Waals surface area contributed by atoms with Crippen LogP contribution < -0.4 is 5.32 Å². The van der Waals surface area contributed by atoms with Crippen LogP contribution in [0.1, 0.15) is 27.1 Å². The molecule has 19 heteroatoms. The lowest BCUT2D eigenvalue weighted by molar-refractivity contribution is 0.0696. The second kappa shape index (κ2) is 14.8. The monoisotopic (exact) mass is 750 g/mol. The SMILES string of the molecule is CN(C)CCCNc1ccc2cc(S(=O)(=O)O)c(N=Nc3ccc(N=Nc4cc(C(=O)O)cc(C(=O)O)c4)c4ccc(S(=O)(=O)O)cc34)c(O)c2c1. The fraction of sp³-hybridized carbons (Fsp3) is 0.152. The molecule has 0 saturated heterocycles. The molecule has 52 heavy (non-hydrogen) atoms. The summed E-state index contributed by atoms with van der Waals surface area (Å²) in [6.45, 7) is 1.43. The summed E-state index contributed by atoms with van der Waals surface area (Å²) in [6.07, 6.45) is 0.815. The molecule has 0 aliphatic carbocycles. The summed E-state index contributed by atoms with van der Waals surface area (Å²) in [5.41, 5.74) is -0.882. The molecule has 270 valence electrons. The Morgan fingerprint density at radius 1 is 0.712 bits per heavy atom. The van der Waals surface area contributed by atoms with Gasteiger partial charge < -0.3 is 25.5 Å². The van der Waals surface area contributed by atoms with Crippen molar-refractivity contribution in [1.82, 2.24) is 4.90 Å². The predicted molar refractivity (Wildman–Crippen MR) is 190 cm³/mol. The summed E-state index contributed by atoms with van der Waals surface area (Å²) in [7, 11) is -5.82. The zero-order valence-electron chi connectivity index (χ0n) is 27.3. The number of anilines is 1. The smallest absolute Gasteiger partial charge is 0.335 e. The summed E-state index contributed by atoms with van der Waals surface area (Å²) in [6, 6.07) is 15.0. The second-order valence-electron chi connectivity index (χ2n) is 11.6. The summed E-state index contributed by atoms with van der Waals surface area (Å²) in [5, 5.41) is 50.0. The average molecular weight is 751 g/mol. The normalized spacial score (nSPS) is 12.4. The third-order valence-corrected chi connectivity index (χ3v) is 9.34. The zero-order chi connectivity index (χ0) is 38.0. The highest BCUT2D eigenvalue weighted by atomic mass is 32.2. The minimum absolute atomic E-state index is 0.00117. The molecule has 17 nitrogen and oxygen atoms in total. The summed E-state index contributed by atoms with van der Waals surface area (Å²) < 4.78 is 68.7. The number of nitrogens with one attached hydrogen (secondary N) is 1. The van der Waals surface area contributed by atoms with Crippen molar-refractivity contribution in [3.05, 3.63) is 83.9 Å². The van der Waals surface area contributed by atoms with Crippen LogP contribution in [0.2, 0.25) is 0 Å². The fourth-order valence-corrected chi connectivity index (χ4v) is 6.30. The van der Waals surface area contributed by atoms with Crippen LogP contribution in [-0.4, -0.2) is 85.3 Å². The lowest BCUT2D eigenvalue weighted by Gasteiger charge is -2.13. The number of rotatable bonds is 13. The average Bonchev–Trinajstić information content (AvgIpc) is 3.07. The molecule has 0 radical (unpaired) electrons. The van der Waals surface area contributed by atoms with Crippen LogP contribution in [0.25, 0.3) is 21.5 Å². The van der Waals surface area contributed by atoms with Gasteiger partial charge >= 0.3 is 11.9 Å². The van der Waals surface area contributed by atoms with Gasteiger partial charge in [-0.05, 0) is 93.1 Å². The summed E-state index contributed by atoms with van der Waals surface area (Å²) in [4.78, 5) is 23.7. The van der Waals surface area contributed by atoms with Crippen LogP contribution in [-0.2, 0) is 20.2 Å². The van der Waals surface area contributed by atoms with E-state index in [1.165, 1.54) is 18.2 Å². The van der Waals surface area contributed by atoms with E-state index >= 15 is 0 Å². The maximum absolute atomic E-state index is 12.4. The molecule has 0 atom stereocenters. The number of azo groups is 2. The fourth-order valence-electron chi connectivity index (χ4n) is 5.13. The van der Waals surface area contributed by atoms with E-state index in [4.69, 9.17) is 0 Å². The highest BCUT2D eigenvalue weighted by Gasteiger charge is 2.23. The van der Waals surface area contributed by atoms with E-state index in [1.807, 2.05) is 19.0 Å². The first-order chi connectivity index (χ1) is 24.4. The number of carbonyl (C=O) groups is 2. The maximum atomic E-state index is 12.4. The van der Waals surface area contributed by atoms with Crippen molar-refractivity contribution in [2.75, 3.05) is 32.5 Å². The van der Waals surface area contributed by atoms with Gasteiger partial charge in [0.2, 0.25) is 0 Å². The van der Waals surface area contributed by atoms with Crippen LogP contribution >= 0.6 is 0 Å². The van der Waals surface area contributed by atoms with Gasteiger partial charge in [0.1, 0.15) is 10.6 Å². The number of phenolic OH excluding ortho intramolecular Hbond substituents is 1. The Morgan fingerprint density at radius 2 is 1.35 bits per heavy atom. The molecule has 0 aliphatic rings. The van der Waals surface area contributed by atoms with Crippen molar-refractivity contribution in [2.24, 2.45) is 20.5 Å². The van der Waals surface area contributed by atoms with Crippen LogP contribution in [0, 0.1) is 0 Å². The van der Waals surface area contributed by atoms with Crippen molar-refractivity contribution in [1.29, 1.82) is 0 Å². The topological polar surface area (TPSA) is 268 Å². The highest BCUT2D eigenvalue weighted by Crippen LogP contribution is 2.43. The number of nitrogens with zero attached hydrogens (tertiary/aromatic N) is 5. The first-order valence-electron chi connectivity index (χ1n) is 15.1. The number of aromatic carboxylic acids is 2. The largest absolute Gasteiger partial charge is 0.505 e. The van der Waals surface area contributed by atoms with Gasteiger partial charge in [-0.1, -0.05) is 12.1 Å². The lowest BCUT2D eigenvalue weighted by Crippen LogP contribution is -2.16. The first kappa shape index (κ1) is 37.4. The number of fused-ring (bicyclic) bond motifs is 2. The molecule has 0 amide bonds. The number of benzene rings is 5. The van der Waals surface area contributed by atoms with Crippen molar-refractivity contribution in [2.45, 2.75) is 16.2 Å². The number of carboxylic acid groups (broad SMARTS) is 2. The number of hydrogen-bond acceptors (Lipinski definition) is 13. The van der Waals surface area contributed by atoms with Crippen LogP contribution in [0.5, 0.6) is 5.75 Å². The Kier molecular flexibility index (Phi) is 10.6. The summed E-state index contributed by atoms with van der Waals surface area (Å²) in [5.74, 6) is -3.43. The molecule has 0 heterocycles. The molecule has 5 rings (SSSR count). The van der Waals surface area contributed by atoms with Crippen molar-refractivity contribution >= 4 is 82.2 Å². The van der Waals surface area contributed by atoms with Crippen molar-refractivity contribution < 1.29 is 50.8 Å². The second-order valence-corrected chi connectivity index (χ2v) is 14.4. The molecular weight excluding hydrogens is 721 g/mol. The van der Waals surface area contributed by atoms with Gasteiger partial charge in [0, 0.05) is 28.4 Å². The molecule has 5 aromatic carbocycles. The van der Waals surface area contributed by atoms with Gasteiger partial charge in [-0.2, -0.15) is 21.9 Å².